The quantitative estimate of drug-likeness (QED) is 0.767. The highest BCUT2D eigenvalue weighted by atomic mass is 14.9. The number of anilines is 1. The highest BCUT2D eigenvalue weighted by Crippen LogP contribution is 2.22. The summed E-state index contributed by atoms with van der Waals surface area (Å²) in [5.74, 6) is 0.500. The Kier molecular flexibility index (Phi) is 2.37. The van der Waals surface area contributed by atoms with Crippen molar-refractivity contribution in [3.8, 4) is 11.3 Å². The molecule has 0 unspecified atom stereocenters. The monoisotopic (exact) mass is 199 g/mol. The van der Waals surface area contributed by atoms with Gasteiger partial charge in [-0.15, -0.1) is 0 Å². The zero-order valence-corrected chi connectivity index (χ0v) is 8.86. The summed E-state index contributed by atoms with van der Waals surface area (Å²) in [6.07, 6.45) is 1.49. The minimum absolute atomic E-state index is 0.500. The van der Waals surface area contributed by atoms with E-state index in [4.69, 9.17) is 5.73 Å². The van der Waals surface area contributed by atoms with E-state index in [1.54, 1.807) is 6.07 Å². The first-order chi connectivity index (χ1) is 7.16. The average Bonchev–Trinajstić information content (AvgIpc) is 2.17. The molecule has 0 spiro atoms. The van der Waals surface area contributed by atoms with Crippen LogP contribution in [-0.2, 0) is 0 Å². The summed E-state index contributed by atoms with van der Waals surface area (Å²) >= 11 is 0. The van der Waals surface area contributed by atoms with Crippen LogP contribution in [0, 0.1) is 13.8 Å². The third kappa shape index (κ3) is 1.96. The van der Waals surface area contributed by atoms with E-state index in [1.165, 1.54) is 17.5 Å². The van der Waals surface area contributed by atoms with Crippen LogP contribution in [0.2, 0.25) is 0 Å². The molecule has 0 aliphatic heterocycles. The molecule has 0 aliphatic carbocycles. The molecule has 3 heteroatoms. The fourth-order valence-corrected chi connectivity index (χ4v) is 1.62. The van der Waals surface area contributed by atoms with Gasteiger partial charge < -0.3 is 5.73 Å². The summed E-state index contributed by atoms with van der Waals surface area (Å²) in [6.45, 7) is 4.14. The Hall–Kier alpha value is -1.90. The topological polar surface area (TPSA) is 51.8 Å². The number of nitrogens with zero attached hydrogens (tertiary/aromatic N) is 2. The molecule has 0 bridgehead atoms. The summed E-state index contributed by atoms with van der Waals surface area (Å²) in [6, 6.07) is 8.05. The van der Waals surface area contributed by atoms with Crippen LogP contribution in [-0.4, -0.2) is 9.97 Å². The minimum Gasteiger partial charge on any atom is -0.384 e. The molecular weight excluding hydrogens is 186 g/mol. The van der Waals surface area contributed by atoms with Crippen molar-refractivity contribution in [1.82, 2.24) is 9.97 Å². The molecule has 0 radical (unpaired) electrons. The molecule has 0 saturated carbocycles. The number of rotatable bonds is 1. The van der Waals surface area contributed by atoms with Gasteiger partial charge >= 0.3 is 0 Å². The molecule has 2 N–H and O–H groups in total. The maximum atomic E-state index is 5.62. The fraction of sp³-hybridized carbons (Fsp3) is 0.167. The lowest BCUT2D eigenvalue weighted by Crippen LogP contribution is -1.94. The molecule has 76 valence electrons. The number of benzene rings is 1. The summed E-state index contributed by atoms with van der Waals surface area (Å²) in [4.78, 5) is 8.09. The number of hydrogen-bond acceptors (Lipinski definition) is 3. The molecule has 2 rings (SSSR count). The van der Waals surface area contributed by atoms with Gasteiger partial charge in [0.1, 0.15) is 12.1 Å². The Balaban J connectivity index is 2.54. The molecule has 1 aromatic heterocycles. The third-order valence-electron chi connectivity index (χ3n) is 2.35. The smallest absolute Gasteiger partial charge is 0.127 e. The van der Waals surface area contributed by atoms with Gasteiger partial charge in [-0.3, -0.25) is 0 Å². The summed E-state index contributed by atoms with van der Waals surface area (Å²) in [5, 5.41) is 0. The van der Waals surface area contributed by atoms with Gasteiger partial charge in [-0.25, -0.2) is 9.97 Å². The molecule has 0 fully saturated rings. The summed E-state index contributed by atoms with van der Waals surface area (Å²) < 4.78 is 0. The van der Waals surface area contributed by atoms with E-state index in [1.807, 2.05) is 0 Å². The van der Waals surface area contributed by atoms with Crippen molar-refractivity contribution in [2.75, 3.05) is 5.73 Å². The second-order valence-corrected chi connectivity index (χ2v) is 3.65. The standard InChI is InChI=1S/C12H13N3/c1-8-3-4-10(9(2)5-8)11-6-12(13)15-7-14-11/h3-7H,1-2H3,(H2,13,14,15). The van der Waals surface area contributed by atoms with Crippen molar-refractivity contribution in [2.45, 2.75) is 13.8 Å². The number of hydrogen-bond donors (Lipinski definition) is 1. The zero-order valence-electron chi connectivity index (χ0n) is 8.86. The van der Waals surface area contributed by atoms with Gasteiger partial charge in [0.15, 0.2) is 0 Å². The Morgan fingerprint density at radius 1 is 1.07 bits per heavy atom. The van der Waals surface area contributed by atoms with Crippen molar-refractivity contribution in [1.29, 1.82) is 0 Å². The molecule has 0 amide bonds. The SMILES string of the molecule is Cc1ccc(-c2cc(N)ncn2)c(C)c1. The Morgan fingerprint density at radius 3 is 2.53 bits per heavy atom. The van der Waals surface area contributed by atoms with E-state index in [0.29, 0.717) is 5.82 Å². The first-order valence-electron chi connectivity index (χ1n) is 4.82. The highest BCUT2D eigenvalue weighted by molar-refractivity contribution is 5.65. The zero-order chi connectivity index (χ0) is 10.8. The van der Waals surface area contributed by atoms with Crippen LogP contribution in [0.3, 0.4) is 0 Å². The third-order valence-corrected chi connectivity index (χ3v) is 2.35. The van der Waals surface area contributed by atoms with Crippen LogP contribution in [0.1, 0.15) is 11.1 Å². The van der Waals surface area contributed by atoms with Crippen molar-refractivity contribution in [3.63, 3.8) is 0 Å². The van der Waals surface area contributed by atoms with E-state index >= 15 is 0 Å². The number of aryl methyl sites for hydroxylation is 2. The van der Waals surface area contributed by atoms with Gasteiger partial charge in [-0.2, -0.15) is 0 Å². The van der Waals surface area contributed by atoms with Gasteiger partial charge in [0.2, 0.25) is 0 Å². The second kappa shape index (κ2) is 3.69. The maximum Gasteiger partial charge on any atom is 0.127 e. The summed E-state index contributed by atoms with van der Waals surface area (Å²) in [5.41, 5.74) is 10.1. The Bertz CT molecular complexity index is 492. The molecule has 0 saturated heterocycles. The molecule has 1 aromatic carbocycles. The average molecular weight is 199 g/mol. The van der Waals surface area contributed by atoms with Gasteiger partial charge in [0.25, 0.3) is 0 Å². The Morgan fingerprint density at radius 2 is 1.87 bits per heavy atom. The molecule has 3 nitrogen and oxygen atoms in total. The van der Waals surface area contributed by atoms with Crippen molar-refractivity contribution in [2.24, 2.45) is 0 Å². The first kappa shape index (κ1) is 9.65. The first-order valence-corrected chi connectivity index (χ1v) is 4.82. The molecule has 1 heterocycles. The van der Waals surface area contributed by atoms with Crippen LogP contribution in [0.25, 0.3) is 11.3 Å². The Labute approximate surface area is 89.0 Å². The maximum absolute atomic E-state index is 5.62. The second-order valence-electron chi connectivity index (χ2n) is 3.65. The van der Waals surface area contributed by atoms with Crippen LogP contribution >= 0.6 is 0 Å². The minimum atomic E-state index is 0.500. The molecule has 2 aromatic rings. The van der Waals surface area contributed by atoms with Crippen LogP contribution in [0.5, 0.6) is 0 Å². The molecule has 0 aliphatic rings. The largest absolute Gasteiger partial charge is 0.384 e. The molecule has 0 atom stereocenters. The lowest BCUT2D eigenvalue weighted by atomic mass is 10.0. The predicted molar refractivity (Wildman–Crippen MR) is 61.4 cm³/mol. The van der Waals surface area contributed by atoms with Gasteiger partial charge in [0.05, 0.1) is 5.69 Å². The van der Waals surface area contributed by atoms with E-state index in [-0.39, 0.29) is 0 Å². The fourth-order valence-electron chi connectivity index (χ4n) is 1.62. The van der Waals surface area contributed by atoms with Crippen molar-refractivity contribution >= 4 is 5.82 Å². The van der Waals surface area contributed by atoms with Gasteiger partial charge in [-0.1, -0.05) is 23.8 Å². The van der Waals surface area contributed by atoms with Crippen LogP contribution in [0.4, 0.5) is 5.82 Å². The number of nitrogens with two attached hydrogens (primary N) is 1. The lowest BCUT2D eigenvalue weighted by molar-refractivity contribution is 1.17. The van der Waals surface area contributed by atoms with Gasteiger partial charge in [-0.05, 0) is 19.4 Å². The highest BCUT2D eigenvalue weighted by Gasteiger charge is 2.03. The van der Waals surface area contributed by atoms with E-state index in [9.17, 15) is 0 Å². The van der Waals surface area contributed by atoms with E-state index in [0.717, 1.165) is 11.3 Å². The van der Waals surface area contributed by atoms with Crippen molar-refractivity contribution < 1.29 is 0 Å². The molecular formula is C12H13N3. The number of nitrogen functional groups attached to an aromatic ring is 1. The number of aromatic nitrogens is 2. The van der Waals surface area contributed by atoms with Crippen LogP contribution in [0.15, 0.2) is 30.6 Å². The summed E-state index contributed by atoms with van der Waals surface area (Å²) in [7, 11) is 0. The van der Waals surface area contributed by atoms with E-state index in [2.05, 4.69) is 42.0 Å². The van der Waals surface area contributed by atoms with Gasteiger partial charge in [0, 0.05) is 11.6 Å². The molecule has 15 heavy (non-hydrogen) atoms. The van der Waals surface area contributed by atoms with E-state index < -0.39 is 0 Å². The lowest BCUT2D eigenvalue weighted by Gasteiger charge is -2.06. The predicted octanol–water partition coefficient (Wildman–Crippen LogP) is 2.34. The van der Waals surface area contributed by atoms with Crippen LogP contribution < -0.4 is 5.73 Å². The normalized spacial score (nSPS) is 10.3. The van der Waals surface area contributed by atoms with Crippen molar-refractivity contribution in [3.05, 3.63) is 41.7 Å².